The zero-order valence-electron chi connectivity index (χ0n) is 10.8. The lowest BCUT2D eigenvalue weighted by atomic mass is 9.85. The highest BCUT2D eigenvalue weighted by molar-refractivity contribution is 7.89. The summed E-state index contributed by atoms with van der Waals surface area (Å²) >= 11 is 4.80. The van der Waals surface area contributed by atoms with Crippen LogP contribution in [-0.4, -0.2) is 43.9 Å². The standard InChI is InChI=1S/C10H22N4O2S2/c1-14(2)9(18(12,15)16)7-3-5-8(6-4-7)13-10(11)17/h7-9H,3-6H2,1-2H3,(H3,11,13,17)(H2,12,15,16). The highest BCUT2D eigenvalue weighted by atomic mass is 32.2. The number of hydrogen-bond donors (Lipinski definition) is 3. The fraction of sp³-hybridized carbons (Fsp3) is 0.900. The van der Waals surface area contributed by atoms with Gasteiger partial charge in [-0.25, -0.2) is 13.6 Å². The van der Waals surface area contributed by atoms with Crippen LogP contribution in [0.2, 0.25) is 0 Å². The van der Waals surface area contributed by atoms with E-state index in [1.807, 2.05) is 0 Å². The molecule has 0 amide bonds. The van der Waals surface area contributed by atoms with Gasteiger partial charge < -0.3 is 11.1 Å². The molecule has 0 aliphatic heterocycles. The molecule has 18 heavy (non-hydrogen) atoms. The summed E-state index contributed by atoms with van der Waals surface area (Å²) in [6.07, 6.45) is 3.34. The monoisotopic (exact) mass is 294 g/mol. The van der Waals surface area contributed by atoms with Crippen LogP contribution in [0.4, 0.5) is 0 Å². The smallest absolute Gasteiger partial charge is 0.225 e. The zero-order chi connectivity index (χ0) is 13.9. The molecular formula is C10H22N4O2S2. The first kappa shape index (κ1) is 15.6. The summed E-state index contributed by atoms with van der Waals surface area (Å²) in [5.74, 6) is 0.0689. The second-order valence-electron chi connectivity index (χ2n) is 5.06. The lowest BCUT2D eigenvalue weighted by Gasteiger charge is -2.35. The molecule has 1 aliphatic rings. The molecule has 0 aromatic heterocycles. The van der Waals surface area contributed by atoms with Crippen LogP contribution in [0, 0.1) is 5.92 Å². The molecule has 8 heteroatoms. The van der Waals surface area contributed by atoms with E-state index >= 15 is 0 Å². The van der Waals surface area contributed by atoms with E-state index in [1.165, 1.54) is 0 Å². The molecule has 1 atom stereocenters. The van der Waals surface area contributed by atoms with Gasteiger partial charge in [-0.05, 0) is 57.9 Å². The molecule has 0 aromatic rings. The number of nitrogens with two attached hydrogens (primary N) is 2. The van der Waals surface area contributed by atoms with Gasteiger partial charge in [-0.3, -0.25) is 4.90 Å². The molecule has 1 saturated carbocycles. The fourth-order valence-corrected chi connectivity index (χ4v) is 4.30. The van der Waals surface area contributed by atoms with E-state index in [-0.39, 0.29) is 12.0 Å². The van der Waals surface area contributed by atoms with E-state index in [0.717, 1.165) is 25.7 Å². The predicted molar refractivity (Wildman–Crippen MR) is 76.2 cm³/mol. The van der Waals surface area contributed by atoms with Gasteiger partial charge in [-0.1, -0.05) is 0 Å². The number of rotatable bonds is 4. The van der Waals surface area contributed by atoms with Gasteiger partial charge in [0.1, 0.15) is 5.37 Å². The number of thiocarbonyl (C=S) groups is 1. The first-order valence-corrected chi connectivity index (χ1v) is 7.97. The predicted octanol–water partition coefficient (Wildman–Crippen LogP) is -0.445. The molecule has 0 radical (unpaired) electrons. The van der Waals surface area contributed by atoms with Crippen molar-refractivity contribution in [2.24, 2.45) is 16.8 Å². The first-order valence-electron chi connectivity index (χ1n) is 5.96. The molecule has 0 heterocycles. The van der Waals surface area contributed by atoms with Gasteiger partial charge in [0.2, 0.25) is 10.0 Å². The molecule has 106 valence electrons. The summed E-state index contributed by atoms with van der Waals surface area (Å²) in [5, 5.41) is 8.02. The normalized spacial score (nSPS) is 26.9. The van der Waals surface area contributed by atoms with Gasteiger partial charge in [0.05, 0.1) is 0 Å². The molecule has 0 saturated heterocycles. The molecule has 0 spiro atoms. The zero-order valence-corrected chi connectivity index (χ0v) is 12.4. The molecule has 0 aromatic carbocycles. The van der Waals surface area contributed by atoms with E-state index in [2.05, 4.69) is 5.32 Å². The number of sulfonamides is 1. The van der Waals surface area contributed by atoms with Crippen molar-refractivity contribution in [2.45, 2.75) is 37.1 Å². The number of nitrogens with zero attached hydrogens (tertiary/aromatic N) is 1. The van der Waals surface area contributed by atoms with Crippen molar-refractivity contribution < 1.29 is 8.42 Å². The Balaban J connectivity index is 2.63. The molecule has 1 aliphatic carbocycles. The maximum absolute atomic E-state index is 11.6. The minimum Gasteiger partial charge on any atom is -0.376 e. The number of nitrogens with one attached hydrogen (secondary N) is 1. The third-order valence-electron chi connectivity index (χ3n) is 3.37. The average molecular weight is 294 g/mol. The second kappa shape index (κ2) is 6.14. The van der Waals surface area contributed by atoms with E-state index < -0.39 is 15.4 Å². The van der Waals surface area contributed by atoms with Crippen LogP contribution < -0.4 is 16.2 Å². The molecule has 6 nitrogen and oxygen atoms in total. The van der Waals surface area contributed by atoms with E-state index in [0.29, 0.717) is 5.11 Å². The van der Waals surface area contributed by atoms with Crippen LogP contribution in [-0.2, 0) is 10.0 Å². The molecule has 1 rings (SSSR count). The van der Waals surface area contributed by atoms with Crippen LogP contribution in [0.3, 0.4) is 0 Å². The maximum atomic E-state index is 11.6. The van der Waals surface area contributed by atoms with Crippen molar-refractivity contribution in [1.29, 1.82) is 0 Å². The summed E-state index contributed by atoms with van der Waals surface area (Å²) in [6.45, 7) is 0. The average Bonchev–Trinajstić information content (AvgIpc) is 2.17. The van der Waals surface area contributed by atoms with Gasteiger partial charge in [-0.15, -0.1) is 0 Å². The highest BCUT2D eigenvalue weighted by Crippen LogP contribution is 2.30. The Bertz CT molecular complexity index is 389. The lowest BCUT2D eigenvalue weighted by Crippen LogP contribution is -2.48. The van der Waals surface area contributed by atoms with Crippen LogP contribution in [0.5, 0.6) is 0 Å². The minimum atomic E-state index is -3.55. The van der Waals surface area contributed by atoms with Gasteiger partial charge in [-0.2, -0.15) is 0 Å². The fourth-order valence-electron chi connectivity index (χ4n) is 2.73. The van der Waals surface area contributed by atoms with Crippen LogP contribution in [0.1, 0.15) is 25.7 Å². The van der Waals surface area contributed by atoms with Crippen molar-refractivity contribution in [3.05, 3.63) is 0 Å². The number of primary sulfonamides is 1. The number of hydrogen-bond acceptors (Lipinski definition) is 4. The second-order valence-corrected chi connectivity index (χ2v) is 7.16. The van der Waals surface area contributed by atoms with Crippen molar-refractivity contribution in [3.8, 4) is 0 Å². The Hall–Kier alpha value is -0.440. The Morgan fingerprint density at radius 1 is 1.33 bits per heavy atom. The largest absolute Gasteiger partial charge is 0.376 e. The summed E-state index contributed by atoms with van der Waals surface area (Å²) in [6, 6.07) is 0.252. The Labute approximate surface area is 114 Å². The van der Waals surface area contributed by atoms with Gasteiger partial charge in [0.15, 0.2) is 5.11 Å². The molecule has 0 bridgehead atoms. The Morgan fingerprint density at radius 3 is 2.17 bits per heavy atom. The van der Waals surface area contributed by atoms with Gasteiger partial charge >= 0.3 is 0 Å². The summed E-state index contributed by atoms with van der Waals surface area (Å²) < 4.78 is 23.2. The van der Waals surface area contributed by atoms with Gasteiger partial charge in [0, 0.05) is 6.04 Å². The van der Waals surface area contributed by atoms with Crippen LogP contribution in [0.25, 0.3) is 0 Å². The highest BCUT2D eigenvalue weighted by Gasteiger charge is 2.35. The summed E-state index contributed by atoms with van der Waals surface area (Å²) in [7, 11) is -0.0604. The maximum Gasteiger partial charge on any atom is 0.225 e. The minimum absolute atomic E-state index is 0.0689. The lowest BCUT2D eigenvalue weighted by molar-refractivity contribution is 0.212. The van der Waals surface area contributed by atoms with Crippen molar-refractivity contribution in [2.75, 3.05) is 14.1 Å². The van der Waals surface area contributed by atoms with Gasteiger partial charge in [0.25, 0.3) is 0 Å². The Kier molecular flexibility index (Phi) is 5.32. The van der Waals surface area contributed by atoms with Crippen LogP contribution >= 0.6 is 12.2 Å². The van der Waals surface area contributed by atoms with Crippen molar-refractivity contribution >= 4 is 27.4 Å². The quantitative estimate of drug-likeness (QED) is 0.607. The summed E-state index contributed by atoms with van der Waals surface area (Å²) in [4.78, 5) is 1.68. The van der Waals surface area contributed by atoms with E-state index in [4.69, 9.17) is 23.1 Å². The third-order valence-corrected chi connectivity index (χ3v) is 4.96. The molecule has 1 unspecified atom stereocenters. The first-order chi connectivity index (χ1) is 8.21. The topological polar surface area (TPSA) is 101 Å². The van der Waals surface area contributed by atoms with Crippen molar-refractivity contribution in [3.63, 3.8) is 0 Å². The van der Waals surface area contributed by atoms with Crippen molar-refractivity contribution in [1.82, 2.24) is 10.2 Å². The summed E-state index contributed by atoms with van der Waals surface area (Å²) in [5.41, 5.74) is 5.43. The van der Waals surface area contributed by atoms with E-state index in [1.54, 1.807) is 19.0 Å². The van der Waals surface area contributed by atoms with E-state index in [9.17, 15) is 8.42 Å². The SMILES string of the molecule is CN(C)C(C1CCC(NC(N)=S)CC1)S(N)(=O)=O. The molecular weight excluding hydrogens is 272 g/mol. The molecule has 5 N–H and O–H groups in total. The van der Waals surface area contributed by atoms with Crippen LogP contribution in [0.15, 0.2) is 0 Å². The Morgan fingerprint density at radius 2 is 1.83 bits per heavy atom. The molecule has 1 fully saturated rings. The third kappa shape index (κ3) is 4.34.